The lowest BCUT2D eigenvalue weighted by Crippen LogP contribution is -2.30. The van der Waals surface area contributed by atoms with Crippen LogP contribution in [0.1, 0.15) is 24.8 Å². The Morgan fingerprint density at radius 3 is 2.74 bits per heavy atom. The molecule has 0 aliphatic carbocycles. The summed E-state index contributed by atoms with van der Waals surface area (Å²) in [5.74, 6) is 1.35. The molecular formula is C14H17N3O2. The Morgan fingerprint density at radius 2 is 2.00 bits per heavy atom. The van der Waals surface area contributed by atoms with Crippen LogP contribution < -0.4 is 4.90 Å². The molecule has 0 amide bonds. The Bertz CT molecular complexity index is 574. The minimum atomic E-state index is 0.246. The van der Waals surface area contributed by atoms with E-state index in [0.717, 1.165) is 24.2 Å². The average molecular weight is 259 g/mol. The number of hydrogen-bond donors (Lipinski definition) is 1. The molecule has 1 aromatic carbocycles. The Labute approximate surface area is 111 Å². The number of piperidine rings is 1. The largest absolute Gasteiger partial charge is 0.508 e. The van der Waals surface area contributed by atoms with Crippen molar-refractivity contribution in [1.82, 2.24) is 10.1 Å². The summed E-state index contributed by atoms with van der Waals surface area (Å²) >= 11 is 0. The minimum Gasteiger partial charge on any atom is -0.508 e. The van der Waals surface area contributed by atoms with E-state index < -0.39 is 0 Å². The third kappa shape index (κ3) is 2.41. The summed E-state index contributed by atoms with van der Waals surface area (Å²) in [7, 11) is 0. The van der Waals surface area contributed by atoms with Crippen LogP contribution in [-0.4, -0.2) is 28.3 Å². The molecule has 0 bridgehead atoms. The van der Waals surface area contributed by atoms with Crippen molar-refractivity contribution in [2.75, 3.05) is 18.0 Å². The van der Waals surface area contributed by atoms with Crippen molar-refractivity contribution in [3.05, 3.63) is 23.8 Å². The van der Waals surface area contributed by atoms with Crippen molar-refractivity contribution < 1.29 is 9.63 Å². The minimum absolute atomic E-state index is 0.246. The zero-order valence-corrected chi connectivity index (χ0v) is 11.0. The van der Waals surface area contributed by atoms with Crippen molar-refractivity contribution in [3.8, 4) is 17.2 Å². The molecule has 0 unspecified atom stereocenters. The van der Waals surface area contributed by atoms with Gasteiger partial charge in [-0.2, -0.15) is 4.98 Å². The second-order valence-electron chi connectivity index (χ2n) is 4.95. The van der Waals surface area contributed by atoms with E-state index >= 15 is 0 Å². The van der Waals surface area contributed by atoms with E-state index in [-0.39, 0.29) is 5.75 Å². The van der Waals surface area contributed by atoms with E-state index in [2.05, 4.69) is 15.0 Å². The fraction of sp³-hybridized carbons (Fsp3) is 0.429. The number of anilines is 1. The molecule has 1 aliphatic rings. The quantitative estimate of drug-likeness (QED) is 0.898. The molecule has 1 saturated heterocycles. The van der Waals surface area contributed by atoms with E-state index in [1.165, 1.54) is 19.3 Å². The van der Waals surface area contributed by atoms with Gasteiger partial charge in [0, 0.05) is 18.7 Å². The van der Waals surface area contributed by atoms with Gasteiger partial charge in [0.1, 0.15) is 5.75 Å². The first-order valence-electron chi connectivity index (χ1n) is 6.63. The van der Waals surface area contributed by atoms with Crippen LogP contribution in [0.25, 0.3) is 11.5 Å². The highest BCUT2D eigenvalue weighted by atomic mass is 16.5. The van der Waals surface area contributed by atoms with Crippen molar-refractivity contribution in [2.45, 2.75) is 26.2 Å². The second kappa shape index (κ2) is 4.91. The van der Waals surface area contributed by atoms with Crippen LogP contribution in [0.5, 0.6) is 5.75 Å². The van der Waals surface area contributed by atoms with E-state index in [4.69, 9.17) is 4.52 Å². The highest BCUT2D eigenvalue weighted by molar-refractivity contribution is 5.58. The molecule has 1 aliphatic heterocycles. The summed E-state index contributed by atoms with van der Waals surface area (Å²) in [4.78, 5) is 6.56. The third-order valence-electron chi connectivity index (χ3n) is 3.51. The fourth-order valence-corrected chi connectivity index (χ4v) is 2.30. The number of aromatic nitrogens is 2. The number of nitrogens with zero attached hydrogens (tertiary/aromatic N) is 3. The van der Waals surface area contributed by atoms with Gasteiger partial charge < -0.3 is 14.5 Å². The number of aromatic hydroxyl groups is 1. The number of hydrogen-bond acceptors (Lipinski definition) is 5. The molecule has 19 heavy (non-hydrogen) atoms. The summed E-state index contributed by atoms with van der Waals surface area (Å²) in [5.41, 5.74) is 1.58. The number of phenolic OH excluding ortho intramolecular Hbond substituents is 1. The molecule has 3 rings (SSSR count). The first-order chi connectivity index (χ1) is 9.24. The van der Waals surface area contributed by atoms with Gasteiger partial charge in [-0.15, -0.1) is 0 Å². The Balaban J connectivity index is 1.85. The third-order valence-corrected chi connectivity index (χ3v) is 3.51. The predicted molar refractivity (Wildman–Crippen MR) is 72.2 cm³/mol. The van der Waals surface area contributed by atoms with Gasteiger partial charge in [0.25, 0.3) is 11.8 Å². The molecule has 0 spiro atoms. The summed E-state index contributed by atoms with van der Waals surface area (Å²) < 4.78 is 5.28. The van der Waals surface area contributed by atoms with Crippen LogP contribution in [0.4, 0.5) is 5.95 Å². The molecule has 100 valence electrons. The normalized spacial score (nSPS) is 15.7. The smallest absolute Gasteiger partial charge is 0.266 e. The molecule has 5 nitrogen and oxygen atoms in total. The van der Waals surface area contributed by atoms with Gasteiger partial charge in [0.05, 0.1) is 0 Å². The zero-order valence-electron chi connectivity index (χ0n) is 11.0. The van der Waals surface area contributed by atoms with E-state index in [0.29, 0.717) is 11.8 Å². The summed E-state index contributed by atoms with van der Waals surface area (Å²) in [6, 6.07) is 5.38. The average Bonchev–Trinajstić information content (AvgIpc) is 2.93. The van der Waals surface area contributed by atoms with Gasteiger partial charge in [-0.25, -0.2) is 0 Å². The second-order valence-corrected chi connectivity index (χ2v) is 4.95. The van der Waals surface area contributed by atoms with Crippen LogP contribution in [0, 0.1) is 6.92 Å². The molecule has 2 heterocycles. The Kier molecular flexibility index (Phi) is 3.11. The molecule has 0 atom stereocenters. The van der Waals surface area contributed by atoms with Crippen LogP contribution in [0.15, 0.2) is 22.7 Å². The van der Waals surface area contributed by atoms with Gasteiger partial charge in [-0.05, 0) is 49.0 Å². The van der Waals surface area contributed by atoms with Gasteiger partial charge >= 0.3 is 0 Å². The fourth-order valence-electron chi connectivity index (χ4n) is 2.30. The van der Waals surface area contributed by atoms with Crippen molar-refractivity contribution in [2.24, 2.45) is 0 Å². The summed E-state index contributed by atoms with van der Waals surface area (Å²) in [6.45, 7) is 3.82. The highest BCUT2D eigenvalue weighted by Crippen LogP contribution is 2.26. The zero-order chi connectivity index (χ0) is 13.2. The van der Waals surface area contributed by atoms with Gasteiger partial charge in [-0.3, -0.25) is 0 Å². The molecular weight excluding hydrogens is 242 g/mol. The number of phenols is 1. The summed E-state index contributed by atoms with van der Waals surface area (Å²) in [6.07, 6.45) is 3.62. The number of benzene rings is 1. The molecule has 5 heteroatoms. The van der Waals surface area contributed by atoms with E-state index in [9.17, 15) is 5.11 Å². The van der Waals surface area contributed by atoms with Gasteiger partial charge in [-0.1, -0.05) is 6.07 Å². The topological polar surface area (TPSA) is 62.4 Å². The van der Waals surface area contributed by atoms with E-state index in [1.807, 2.05) is 19.1 Å². The van der Waals surface area contributed by atoms with Crippen LogP contribution >= 0.6 is 0 Å². The Morgan fingerprint density at radius 1 is 1.21 bits per heavy atom. The molecule has 2 aromatic rings. The molecule has 0 saturated carbocycles. The lowest BCUT2D eigenvalue weighted by atomic mass is 10.1. The predicted octanol–water partition coefficient (Wildman–Crippen LogP) is 2.74. The van der Waals surface area contributed by atoms with E-state index in [1.54, 1.807) is 6.07 Å². The maximum atomic E-state index is 9.72. The van der Waals surface area contributed by atoms with Crippen LogP contribution in [0.2, 0.25) is 0 Å². The standard InChI is InChI=1S/C14H17N3O2/c1-10-5-6-11(9-12(10)18)13-15-14(16-19-13)17-7-3-2-4-8-17/h5-6,9,18H,2-4,7-8H2,1H3. The summed E-state index contributed by atoms with van der Waals surface area (Å²) in [5, 5.41) is 13.7. The number of rotatable bonds is 2. The molecule has 1 N–H and O–H groups in total. The monoisotopic (exact) mass is 259 g/mol. The van der Waals surface area contributed by atoms with Gasteiger partial charge in [0.15, 0.2) is 0 Å². The van der Waals surface area contributed by atoms with Crippen molar-refractivity contribution in [3.63, 3.8) is 0 Å². The Hall–Kier alpha value is -2.04. The van der Waals surface area contributed by atoms with Crippen molar-refractivity contribution >= 4 is 5.95 Å². The maximum absolute atomic E-state index is 9.72. The number of aryl methyl sites for hydroxylation is 1. The first kappa shape index (κ1) is 12.0. The van der Waals surface area contributed by atoms with Crippen LogP contribution in [0.3, 0.4) is 0 Å². The highest BCUT2D eigenvalue weighted by Gasteiger charge is 2.17. The molecule has 1 fully saturated rings. The van der Waals surface area contributed by atoms with Crippen molar-refractivity contribution in [1.29, 1.82) is 0 Å². The maximum Gasteiger partial charge on any atom is 0.266 e. The van der Waals surface area contributed by atoms with Crippen LogP contribution in [-0.2, 0) is 0 Å². The SMILES string of the molecule is Cc1ccc(-c2nc(N3CCCCC3)no2)cc1O. The lowest BCUT2D eigenvalue weighted by molar-refractivity contribution is 0.425. The molecule has 0 radical (unpaired) electrons. The van der Waals surface area contributed by atoms with Gasteiger partial charge in [0.2, 0.25) is 0 Å². The lowest BCUT2D eigenvalue weighted by Gasteiger charge is -2.24. The first-order valence-corrected chi connectivity index (χ1v) is 6.63. The molecule has 1 aromatic heterocycles.